The van der Waals surface area contributed by atoms with E-state index in [0.29, 0.717) is 12.1 Å². The molecule has 31 heavy (non-hydrogen) atoms. The molecule has 0 fully saturated rings. The quantitative estimate of drug-likeness (QED) is 0.203. The molecule has 0 spiro atoms. The van der Waals surface area contributed by atoms with Crippen LogP contribution in [0.3, 0.4) is 0 Å². The van der Waals surface area contributed by atoms with Crippen molar-refractivity contribution in [2.24, 2.45) is 5.73 Å². The van der Waals surface area contributed by atoms with Crippen LogP contribution in [0.1, 0.15) is 34.0 Å². The van der Waals surface area contributed by atoms with Gasteiger partial charge in [0.25, 0.3) is 11.8 Å². The predicted octanol–water partition coefficient (Wildman–Crippen LogP) is -0.354. The van der Waals surface area contributed by atoms with E-state index in [0.717, 1.165) is 11.1 Å². The maximum atomic E-state index is 12.3. The lowest BCUT2D eigenvalue weighted by atomic mass is 10.1. The molecular weight excluding hydrogens is 400 g/mol. The van der Waals surface area contributed by atoms with Gasteiger partial charge in [0.05, 0.1) is 12.6 Å². The summed E-state index contributed by atoms with van der Waals surface area (Å²) in [7, 11) is 0. The minimum atomic E-state index is -1.29. The Morgan fingerprint density at radius 1 is 1.06 bits per heavy atom. The fraction of sp³-hybridized carbons (Fsp3) is 0.227. The van der Waals surface area contributed by atoms with E-state index in [1.54, 1.807) is 12.1 Å². The fourth-order valence-electron chi connectivity index (χ4n) is 2.58. The molecule has 0 aliphatic heterocycles. The van der Waals surface area contributed by atoms with Crippen LogP contribution >= 0.6 is 0 Å². The highest BCUT2D eigenvalue weighted by Crippen LogP contribution is 2.07. The van der Waals surface area contributed by atoms with Crippen molar-refractivity contribution in [2.75, 3.05) is 6.54 Å². The van der Waals surface area contributed by atoms with Crippen molar-refractivity contribution < 1.29 is 24.7 Å². The van der Waals surface area contributed by atoms with E-state index in [1.165, 1.54) is 24.5 Å². The van der Waals surface area contributed by atoms with E-state index >= 15 is 0 Å². The highest BCUT2D eigenvalue weighted by Gasteiger charge is 2.25. The lowest BCUT2D eigenvalue weighted by Gasteiger charge is -2.19. The molecule has 2 rings (SSSR count). The third kappa shape index (κ3) is 7.24. The Hall–Kier alpha value is -3.71. The molecule has 0 saturated heterocycles. The highest BCUT2D eigenvalue weighted by atomic mass is 16.5. The zero-order chi connectivity index (χ0) is 22.8. The summed E-state index contributed by atoms with van der Waals surface area (Å²) in [6, 6.07) is 12.5. The zero-order valence-electron chi connectivity index (χ0n) is 16.9. The van der Waals surface area contributed by atoms with Crippen LogP contribution in [-0.2, 0) is 16.1 Å². The van der Waals surface area contributed by atoms with Gasteiger partial charge in [-0.2, -0.15) is 0 Å². The summed E-state index contributed by atoms with van der Waals surface area (Å²) in [4.78, 5) is 35.1. The first-order valence-electron chi connectivity index (χ1n) is 9.44. The van der Waals surface area contributed by atoms with Crippen LogP contribution in [0.2, 0.25) is 0 Å². The van der Waals surface area contributed by atoms with Crippen LogP contribution in [-0.4, -0.2) is 46.7 Å². The maximum Gasteiger partial charge on any atom is 0.268 e. The molecule has 7 N–H and O–H groups in total. The molecule has 2 unspecified atom stereocenters. The Kier molecular flexibility index (Phi) is 8.72. The fourth-order valence-corrected chi connectivity index (χ4v) is 2.58. The van der Waals surface area contributed by atoms with Gasteiger partial charge in [-0.1, -0.05) is 24.0 Å². The second kappa shape index (κ2) is 11.5. The summed E-state index contributed by atoms with van der Waals surface area (Å²) < 4.78 is 0. The first-order valence-corrected chi connectivity index (χ1v) is 9.44. The summed E-state index contributed by atoms with van der Waals surface area (Å²) in [5.41, 5.74) is 9.25. The topological polar surface area (TPSA) is 154 Å². The average Bonchev–Trinajstić information content (AvgIpc) is 2.79. The summed E-state index contributed by atoms with van der Waals surface area (Å²) in [5, 5.41) is 23.4. The standard InChI is InChI=1S/C22H24N4O5/c1-14(27)20(22(30)26-31)25-21(29)18-9-7-15(8-10-18)5-6-16-3-2-4-17(11-16)13-24-19(28)12-23/h2-4,7-11,14,20,27,31H,12-13,23H2,1H3,(H,24,28)(H,25,29)(H,26,30). The molecule has 0 bridgehead atoms. The normalized spacial score (nSPS) is 12.0. The molecule has 0 heterocycles. The summed E-state index contributed by atoms with van der Waals surface area (Å²) >= 11 is 0. The number of benzene rings is 2. The van der Waals surface area contributed by atoms with Gasteiger partial charge >= 0.3 is 0 Å². The molecule has 0 aromatic heterocycles. The lowest BCUT2D eigenvalue weighted by molar-refractivity contribution is -0.133. The molecule has 2 atom stereocenters. The summed E-state index contributed by atoms with van der Waals surface area (Å²) in [6.07, 6.45) is -1.19. The Balaban J connectivity index is 2.05. The van der Waals surface area contributed by atoms with Crippen molar-refractivity contribution in [1.82, 2.24) is 16.1 Å². The van der Waals surface area contributed by atoms with Crippen molar-refractivity contribution in [1.29, 1.82) is 0 Å². The van der Waals surface area contributed by atoms with Crippen LogP contribution < -0.4 is 21.8 Å². The molecular formula is C22H24N4O5. The van der Waals surface area contributed by atoms with E-state index in [4.69, 9.17) is 10.9 Å². The third-order valence-electron chi connectivity index (χ3n) is 4.26. The van der Waals surface area contributed by atoms with Crippen LogP contribution in [0.4, 0.5) is 0 Å². The molecule has 162 valence electrons. The van der Waals surface area contributed by atoms with Crippen LogP contribution in [0.5, 0.6) is 0 Å². The van der Waals surface area contributed by atoms with E-state index in [2.05, 4.69) is 22.5 Å². The summed E-state index contributed by atoms with van der Waals surface area (Å²) in [5.74, 6) is 4.27. The second-order valence-corrected chi connectivity index (χ2v) is 6.68. The molecule has 0 aliphatic rings. The SMILES string of the molecule is CC(O)C(NC(=O)c1ccc(C#Cc2cccc(CNC(=O)CN)c2)cc1)C(=O)NO. The van der Waals surface area contributed by atoms with Crippen molar-refractivity contribution in [3.63, 3.8) is 0 Å². The largest absolute Gasteiger partial charge is 0.391 e. The Morgan fingerprint density at radius 3 is 2.35 bits per heavy atom. The van der Waals surface area contributed by atoms with Crippen LogP contribution in [0.15, 0.2) is 48.5 Å². The average molecular weight is 424 g/mol. The van der Waals surface area contributed by atoms with Crippen molar-refractivity contribution >= 4 is 17.7 Å². The highest BCUT2D eigenvalue weighted by molar-refractivity contribution is 5.97. The van der Waals surface area contributed by atoms with Crippen molar-refractivity contribution in [2.45, 2.75) is 25.6 Å². The molecule has 0 aliphatic carbocycles. The number of hydrogen-bond donors (Lipinski definition) is 6. The molecule has 9 heteroatoms. The lowest BCUT2D eigenvalue weighted by Crippen LogP contribution is -2.51. The maximum absolute atomic E-state index is 12.3. The first kappa shape index (κ1) is 23.6. The van der Waals surface area contributed by atoms with E-state index in [-0.39, 0.29) is 18.0 Å². The number of rotatable bonds is 7. The number of nitrogens with one attached hydrogen (secondary N) is 3. The monoisotopic (exact) mass is 424 g/mol. The third-order valence-corrected chi connectivity index (χ3v) is 4.26. The number of aliphatic hydroxyl groups excluding tert-OH is 1. The smallest absolute Gasteiger partial charge is 0.268 e. The summed E-state index contributed by atoms with van der Waals surface area (Å²) in [6.45, 7) is 1.61. The van der Waals surface area contributed by atoms with E-state index < -0.39 is 24.0 Å². The molecule has 3 amide bonds. The zero-order valence-corrected chi connectivity index (χ0v) is 16.9. The van der Waals surface area contributed by atoms with Gasteiger partial charge in [-0.05, 0) is 48.9 Å². The number of hydroxylamine groups is 1. The number of aliphatic hydroxyl groups is 1. The van der Waals surface area contributed by atoms with Gasteiger partial charge in [0.2, 0.25) is 5.91 Å². The van der Waals surface area contributed by atoms with Gasteiger partial charge < -0.3 is 21.5 Å². The Bertz CT molecular complexity index is 993. The number of carbonyl (C=O) groups excluding carboxylic acids is 3. The second-order valence-electron chi connectivity index (χ2n) is 6.68. The number of carbonyl (C=O) groups is 3. The minimum Gasteiger partial charge on any atom is -0.391 e. The Labute approximate surface area is 179 Å². The molecule has 2 aromatic rings. The number of amides is 3. The molecule has 2 aromatic carbocycles. The van der Waals surface area contributed by atoms with Crippen molar-refractivity contribution in [3.05, 3.63) is 70.8 Å². The van der Waals surface area contributed by atoms with Gasteiger partial charge in [-0.15, -0.1) is 0 Å². The van der Waals surface area contributed by atoms with Gasteiger partial charge in [0.15, 0.2) is 0 Å². The first-order chi connectivity index (χ1) is 14.8. The van der Waals surface area contributed by atoms with Gasteiger partial charge in [-0.25, -0.2) is 5.48 Å². The van der Waals surface area contributed by atoms with Crippen molar-refractivity contribution in [3.8, 4) is 11.8 Å². The molecule has 0 saturated carbocycles. The van der Waals surface area contributed by atoms with Gasteiger partial charge in [-0.3, -0.25) is 19.6 Å². The molecule has 0 radical (unpaired) electrons. The van der Waals surface area contributed by atoms with Crippen LogP contribution in [0, 0.1) is 11.8 Å². The Morgan fingerprint density at radius 2 is 1.74 bits per heavy atom. The number of hydrogen-bond acceptors (Lipinski definition) is 6. The van der Waals surface area contributed by atoms with E-state index in [1.807, 2.05) is 24.3 Å². The van der Waals surface area contributed by atoms with Crippen LogP contribution in [0.25, 0.3) is 0 Å². The predicted molar refractivity (Wildman–Crippen MR) is 113 cm³/mol. The molecule has 9 nitrogen and oxygen atoms in total. The van der Waals surface area contributed by atoms with Gasteiger partial charge in [0, 0.05) is 23.2 Å². The van der Waals surface area contributed by atoms with E-state index in [9.17, 15) is 19.5 Å². The number of nitrogens with two attached hydrogens (primary N) is 1. The van der Waals surface area contributed by atoms with Gasteiger partial charge in [0.1, 0.15) is 6.04 Å². The minimum absolute atomic E-state index is 0.0676.